The van der Waals surface area contributed by atoms with Crippen LogP contribution in [0.1, 0.15) is 37.7 Å². The number of aromatic nitrogens is 3. The molecule has 3 aromatic heterocycles. The maximum atomic E-state index is 15.5. The molecule has 0 aliphatic rings. The fraction of sp³-hybridized carbons (Fsp3) is 0.318. The molecule has 0 amide bonds. The molecule has 2 radical (unpaired) electrons. The first-order valence-corrected chi connectivity index (χ1v) is 12.9. The number of ether oxygens (including phenoxy) is 1. The summed E-state index contributed by atoms with van der Waals surface area (Å²) in [7, 11) is 0. The van der Waals surface area contributed by atoms with Gasteiger partial charge in [-0.05, 0) is 0 Å². The van der Waals surface area contributed by atoms with Gasteiger partial charge in [0.05, 0.1) is 0 Å². The summed E-state index contributed by atoms with van der Waals surface area (Å²) in [5.74, 6) is -2.21. The summed E-state index contributed by atoms with van der Waals surface area (Å²) in [5.41, 5.74) is 0.171. The van der Waals surface area contributed by atoms with Gasteiger partial charge in [-0.3, -0.25) is 0 Å². The van der Waals surface area contributed by atoms with Crippen LogP contribution >= 0.6 is 11.6 Å². The number of halogens is 4. The zero-order chi connectivity index (χ0) is 23.8. The number of hydrogen-bond donors (Lipinski definition) is 0. The molecule has 3 rings (SSSR count). The fourth-order valence-electron chi connectivity index (χ4n) is 3.04. The Morgan fingerprint density at radius 3 is 2.44 bits per heavy atom. The van der Waals surface area contributed by atoms with Crippen LogP contribution in [0.2, 0.25) is 8.45 Å². The molecule has 0 bridgehead atoms. The summed E-state index contributed by atoms with van der Waals surface area (Å²) >= 11 is 4.86. The quantitative estimate of drug-likeness (QED) is 0.426. The average Bonchev–Trinajstić information content (AvgIpc) is 2.68. The van der Waals surface area contributed by atoms with Crippen LogP contribution in [0.15, 0.2) is 29.3 Å². The molecule has 0 spiro atoms. The van der Waals surface area contributed by atoms with E-state index in [-0.39, 0.29) is 32.2 Å². The molecule has 3 heterocycles. The summed E-state index contributed by atoms with van der Waals surface area (Å²) in [6.07, 6.45) is 2.42. The minimum absolute atomic E-state index is 0.00514. The molecule has 5 nitrogen and oxygen atoms in total. The van der Waals surface area contributed by atoms with Crippen molar-refractivity contribution in [2.75, 3.05) is 0 Å². The first kappa shape index (κ1) is 24.6. The molecule has 0 aliphatic heterocycles. The van der Waals surface area contributed by atoms with Crippen molar-refractivity contribution in [2.24, 2.45) is 0 Å². The molecule has 3 aromatic rings. The molecule has 0 aliphatic carbocycles. The summed E-state index contributed by atoms with van der Waals surface area (Å²) in [5, 5.41) is -0.286. The van der Waals surface area contributed by atoms with Gasteiger partial charge in [-0.15, -0.1) is 0 Å². The van der Waals surface area contributed by atoms with Gasteiger partial charge in [0.2, 0.25) is 0 Å². The molecule has 0 unspecified atom stereocenters. The van der Waals surface area contributed by atoms with Crippen molar-refractivity contribution >= 4 is 36.5 Å². The second-order valence-electron chi connectivity index (χ2n) is 8.30. The van der Waals surface area contributed by atoms with E-state index in [0.29, 0.717) is 21.0 Å². The molecule has 0 saturated carbocycles. The van der Waals surface area contributed by atoms with E-state index >= 15 is 4.39 Å². The normalized spacial score (nSPS) is 11.7. The second-order valence-corrected chi connectivity index (χ2v) is 15.0. The summed E-state index contributed by atoms with van der Waals surface area (Å²) in [6, 6.07) is 2.15. The van der Waals surface area contributed by atoms with E-state index in [0.717, 1.165) is 6.20 Å². The SMILES string of the molecule is Cc1cn[c]([Sn][C](C)(C)C)c(F)c1-n1c(C)cc(OCc2ncc(F)cc2F)c(Cl)c1=O. The van der Waals surface area contributed by atoms with Gasteiger partial charge in [-0.25, -0.2) is 4.39 Å². The van der Waals surface area contributed by atoms with Crippen LogP contribution in [0.25, 0.3) is 5.69 Å². The third-order valence-electron chi connectivity index (χ3n) is 4.44. The van der Waals surface area contributed by atoms with E-state index in [1.165, 1.54) is 10.6 Å². The molecule has 0 saturated heterocycles. The van der Waals surface area contributed by atoms with Gasteiger partial charge >= 0.3 is 189 Å². The van der Waals surface area contributed by atoms with Crippen molar-refractivity contribution in [1.29, 1.82) is 0 Å². The van der Waals surface area contributed by atoms with E-state index < -0.39 is 44.2 Å². The van der Waals surface area contributed by atoms with Crippen molar-refractivity contribution < 1.29 is 17.9 Å². The molecule has 168 valence electrons. The van der Waals surface area contributed by atoms with Gasteiger partial charge in [0.25, 0.3) is 0 Å². The van der Waals surface area contributed by atoms with Gasteiger partial charge < -0.3 is 0 Å². The first-order chi connectivity index (χ1) is 14.9. The third-order valence-corrected chi connectivity index (χ3v) is 8.60. The molecule has 0 fully saturated rings. The molecule has 10 heteroatoms. The Morgan fingerprint density at radius 2 is 1.81 bits per heavy atom. The predicted octanol–water partition coefficient (Wildman–Crippen LogP) is 4.44. The first-order valence-electron chi connectivity index (χ1n) is 9.67. The van der Waals surface area contributed by atoms with E-state index in [1.54, 1.807) is 20.0 Å². The van der Waals surface area contributed by atoms with Crippen LogP contribution in [-0.2, 0) is 6.61 Å². The van der Waals surface area contributed by atoms with Crippen molar-refractivity contribution in [3.8, 4) is 11.4 Å². The number of nitrogens with zero attached hydrogens (tertiary/aromatic N) is 3. The van der Waals surface area contributed by atoms with Gasteiger partial charge in [-0.2, -0.15) is 0 Å². The van der Waals surface area contributed by atoms with Crippen molar-refractivity contribution in [3.63, 3.8) is 0 Å². The number of aryl methyl sites for hydroxylation is 2. The Hall–Kier alpha value is -2.07. The van der Waals surface area contributed by atoms with Crippen LogP contribution in [0, 0.1) is 31.3 Å². The predicted molar refractivity (Wildman–Crippen MR) is 118 cm³/mol. The van der Waals surface area contributed by atoms with Gasteiger partial charge in [-0.1, -0.05) is 0 Å². The number of pyridine rings is 3. The zero-order valence-corrected chi connectivity index (χ0v) is 21.8. The maximum absolute atomic E-state index is 15.5. The second kappa shape index (κ2) is 9.43. The summed E-state index contributed by atoms with van der Waals surface area (Å²) < 4.78 is 49.4. The number of hydrogen-bond acceptors (Lipinski definition) is 4. The van der Waals surface area contributed by atoms with Gasteiger partial charge in [0.15, 0.2) is 0 Å². The Morgan fingerprint density at radius 1 is 1.12 bits per heavy atom. The van der Waals surface area contributed by atoms with E-state index in [2.05, 4.69) is 9.97 Å². The Kier molecular flexibility index (Phi) is 7.24. The monoisotopic (exact) mass is 571 g/mol. The van der Waals surface area contributed by atoms with Crippen LogP contribution in [0.5, 0.6) is 5.75 Å². The molecule has 0 N–H and O–H groups in total. The van der Waals surface area contributed by atoms with Crippen LogP contribution in [0.4, 0.5) is 13.2 Å². The topological polar surface area (TPSA) is 57.0 Å². The van der Waals surface area contributed by atoms with Gasteiger partial charge in [0, 0.05) is 0 Å². The Bertz CT molecular complexity index is 1240. The molecule has 0 atom stereocenters. The zero-order valence-electron chi connectivity index (χ0n) is 18.2. The van der Waals surface area contributed by atoms with Gasteiger partial charge in [0.1, 0.15) is 5.82 Å². The average molecular weight is 571 g/mol. The Balaban J connectivity index is 2.03. The molecular formula is C22H21ClF3N3O2Sn. The van der Waals surface area contributed by atoms with Crippen molar-refractivity contribution in [1.82, 2.24) is 14.5 Å². The van der Waals surface area contributed by atoms with E-state index in [1.807, 2.05) is 20.8 Å². The van der Waals surface area contributed by atoms with Crippen molar-refractivity contribution in [2.45, 2.75) is 44.7 Å². The summed E-state index contributed by atoms with van der Waals surface area (Å²) in [4.78, 5) is 21.0. The number of rotatable bonds is 5. The van der Waals surface area contributed by atoms with Crippen LogP contribution < -0.4 is 14.0 Å². The van der Waals surface area contributed by atoms with Crippen LogP contribution in [-0.4, -0.2) is 35.7 Å². The fourth-order valence-corrected chi connectivity index (χ4v) is 6.28. The Labute approximate surface area is 198 Å². The van der Waals surface area contributed by atoms with E-state index in [4.69, 9.17) is 16.3 Å². The summed E-state index contributed by atoms with van der Waals surface area (Å²) in [6.45, 7) is 9.05. The standard InChI is InChI=1S/C18H12ClF3N3O2.C4H9.Sn/c1-9-5-23-7-13(22)17(9)25-10(2)3-15(16(19)18(25)26)27-8-14-12(21)4-11(20)6-24-14;1-4(2)3;/h3-6H,8H2,1-2H3;1-3H3;. The third kappa shape index (κ3) is 5.28. The molecular weight excluding hydrogens is 549 g/mol. The molecule has 32 heavy (non-hydrogen) atoms. The minimum atomic E-state index is -1.38. The van der Waals surface area contributed by atoms with Crippen LogP contribution in [0.3, 0.4) is 0 Å². The van der Waals surface area contributed by atoms with E-state index in [9.17, 15) is 13.6 Å². The van der Waals surface area contributed by atoms with Crippen molar-refractivity contribution in [3.05, 3.63) is 74.3 Å². The molecule has 0 aromatic carbocycles.